The third kappa shape index (κ3) is 3.34. The van der Waals surface area contributed by atoms with Crippen LogP contribution in [0.25, 0.3) is 0 Å². The Hall–Kier alpha value is -0.610. The molecule has 2 aliphatic carbocycles. The molecule has 0 aliphatic heterocycles. The zero-order valence-corrected chi connectivity index (χ0v) is 13.3. The molecule has 2 fully saturated rings. The van der Waals surface area contributed by atoms with E-state index in [0.29, 0.717) is 18.1 Å². The van der Waals surface area contributed by atoms with Gasteiger partial charge in [0.05, 0.1) is 5.54 Å². The molecule has 0 spiro atoms. The molecule has 3 N–H and O–H groups in total. The van der Waals surface area contributed by atoms with Gasteiger partial charge in [-0.15, -0.1) is 0 Å². The topological polar surface area (TPSA) is 58.4 Å². The zero-order valence-electron chi connectivity index (χ0n) is 13.3. The van der Waals surface area contributed by atoms with Gasteiger partial charge in [-0.05, 0) is 53.0 Å². The Kier molecular flexibility index (Phi) is 5.08. The highest BCUT2D eigenvalue weighted by atomic mass is 16.1. The van der Waals surface area contributed by atoms with Crippen LogP contribution in [0.15, 0.2) is 0 Å². The predicted octanol–water partition coefficient (Wildman–Crippen LogP) is 2.03. The molecule has 0 bridgehead atoms. The molecule has 0 saturated heterocycles. The van der Waals surface area contributed by atoms with E-state index in [2.05, 4.69) is 31.1 Å². The van der Waals surface area contributed by atoms with Gasteiger partial charge < -0.3 is 16.0 Å². The Bertz CT molecular complexity index is 339. The lowest BCUT2D eigenvalue weighted by molar-refractivity contribution is -0.124. The van der Waals surface area contributed by atoms with Crippen LogP contribution in [0.1, 0.15) is 65.2 Å². The summed E-state index contributed by atoms with van der Waals surface area (Å²) in [6.45, 7) is 4.17. The Morgan fingerprint density at radius 1 is 1.20 bits per heavy atom. The van der Waals surface area contributed by atoms with Crippen LogP contribution < -0.4 is 11.1 Å². The molecular formula is C16H31N3O. The van der Waals surface area contributed by atoms with Crippen LogP contribution in [-0.2, 0) is 4.79 Å². The quantitative estimate of drug-likeness (QED) is 0.810. The first-order chi connectivity index (χ1) is 9.44. The van der Waals surface area contributed by atoms with E-state index in [1.165, 1.54) is 32.1 Å². The lowest BCUT2D eigenvalue weighted by Crippen LogP contribution is -2.57. The largest absolute Gasteiger partial charge is 0.368 e. The molecule has 1 amide bonds. The van der Waals surface area contributed by atoms with Gasteiger partial charge in [-0.25, -0.2) is 0 Å². The van der Waals surface area contributed by atoms with Gasteiger partial charge in [0.25, 0.3) is 0 Å². The number of nitrogens with two attached hydrogens (primary N) is 1. The van der Waals surface area contributed by atoms with E-state index < -0.39 is 5.54 Å². The molecule has 20 heavy (non-hydrogen) atoms. The van der Waals surface area contributed by atoms with Crippen molar-refractivity contribution in [3.05, 3.63) is 0 Å². The molecule has 116 valence electrons. The van der Waals surface area contributed by atoms with Crippen molar-refractivity contribution in [3.63, 3.8) is 0 Å². The predicted molar refractivity (Wildman–Crippen MR) is 82.5 cm³/mol. The van der Waals surface area contributed by atoms with Crippen molar-refractivity contribution in [1.29, 1.82) is 0 Å². The highest BCUT2D eigenvalue weighted by molar-refractivity contribution is 5.85. The molecule has 2 saturated carbocycles. The number of carbonyl (C=O) groups excluding carboxylic acids is 1. The summed E-state index contributed by atoms with van der Waals surface area (Å²) in [6, 6.07) is 1.49. The highest BCUT2D eigenvalue weighted by Crippen LogP contribution is 2.35. The summed E-state index contributed by atoms with van der Waals surface area (Å²) in [5.41, 5.74) is 5.22. The lowest BCUT2D eigenvalue weighted by Gasteiger charge is -2.37. The number of nitrogens with zero attached hydrogens (tertiary/aromatic N) is 1. The number of amides is 1. The Balaban J connectivity index is 2.00. The van der Waals surface area contributed by atoms with Crippen LogP contribution in [0.4, 0.5) is 0 Å². The molecule has 0 aromatic rings. The van der Waals surface area contributed by atoms with Gasteiger partial charge in [0.2, 0.25) is 5.91 Å². The fourth-order valence-electron chi connectivity index (χ4n) is 4.13. The third-order valence-corrected chi connectivity index (χ3v) is 5.25. The Labute approximate surface area is 123 Å². The van der Waals surface area contributed by atoms with Crippen LogP contribution in [0.3, 0.4) is 0 Å². The van der Waals surface area contributed by atoms with Gasteiger partial charge in [0, 0.05) is 18.1 Å². The van der Waals surface area contributed by atoms with Crippen molar-refractivity contribution >= 4 is 5.91 Å². The van der Waals surface area contributed by atoms with E-state index in [0.717, 1.165) is 19.3 Å². The number of hydrogen-bond donors (Lipinski definition) is 2. The van der Waals surface area contributed by atoms with Crippen molar-refractivity contribution in [2.75, 3.05) is 7.05 Å². The number of hydrogen-bond acceptors (Lipinski definition) is 3. The summed E-state index contributed by atoms with van der Waals surface area (Å²) in [6.07, 6.45) is 9.54. The van der Waals surface area contributed by atoms with Crippen molar-refractivity contribution in [1.82, 2.24) is 10.2 Å². The van der Waals surface area contributed by atoms with Gasteiger partial charge >= 0.3 is 0 Å². The van der Waals surface area contributed by atoms with Gasteiger partial charge in [-0.2, -0.15) is 0 Å². The summed E-state index contributed by atoms with van der Waals surface area (Å²) in [7, 11) is 2.24. The smallest absolute Gasteiger partial charge is 0.237 e. The van der Waals surface area contributed by atoms with E-state index in [1.54, 1.807) is 0 Å². The number of primary amides is 1. The SMILES string of the molecule is CC(C)NC1(C(N)=O)CCC(N(C)C2CCCCC2)C1. The van der Waals surface area contributed by atoms with Crippen molar-refractivity contribution in [2.45, 2.75) is 88.9 Å². The first-order valence-electron chi connectivity index (χ1n) is 8.24. The average Bonchev–Trinajstić information content (AvgIpc) is 2.83. The maximum Gasteiger partial charge on any atom is 0.237 e. The van der Waals surface area contributed by atoms with E-state index in [-0.39, 0.29) is 5.91 Å². The van der Waals surface area contributed by atoms with Crippen molar-refractivity contribution in [2.24, 2.45) is 5.73 Å². The number of rotatable bonds is 5. The van der Waals surface area contributed by atoms with Gasteiger partial charge in [-0.1, -0.05) is 19.3 Å². The molecular weight excluding hydrogens is 250 g/mol. The number of nitrogens with one attached hydrogen (secondary N) is 1. The van der Waals surface area contributed by atoms with Crippen LogP contribution in [0.2, 0.25) is 0 Å². The maximum atomic E-state index is 11.9. The van der Waals surface area contributed by atoms with Crippen LogP contribution in [0, 0.1) is 0 Å². The lowest BCUT2D eigenvalue weighted by atomic mass is 9.92. The minimum atomic E-state index is -0.484. The van der Waals surface area contributed by atoms with Gasteiger partial charge in [0.15, 0.2) is 0 Å². The molecule has 0 heterocycles. The van der Waals surface area contributed by atoms with Crippen LogP contribution in [0.5, 0.6) is 0 Å². The van der Waals surface area contributed by atoms with Crippen LogP contribution >= 0.6 is 0 Å². The molecule has 4 nitrogen and oxygen atoms in total. The number of carbonyl (C=O) groups is 1. The molecule has 2 aliphatic rings. The Morgan fingerprint density at radius 2 is 1.85 bits per heavy atom. The minimum Gasteiger partial charge on any atom is -0.368 e. The minimum absolute atomic E-state index is 0.175. The second kappa shape index (κ2) is 6.44. The van der Waals surface area contributed by atoms with Crippen LogP contribution in [-0.4, -0.2) is 41.5 Å². The highest BCUT2D eigenvalue weighted by Gasteiger charge is 2.46. The van der Waals surface area contributed by atoms with Crippen molar-refractivity contribution < 1.29 is 4.79 Å². The molecule has 0 aromatic heterocycles. The molecule has 2 rings (SSSR count). The first-order valence-corrected chi connectivity index (χ1v) is 8.24. The van der Waals surface area contributed by atoms with E-state index in [9.17, 15) is 4.79 Å². The standard InChI is InChI=1S/C16H31N3O/c1-12(2)18-16(15(17)20)10-9-14(11-16)19(3)13-7-5-4-6-8-13/h12-14,18H,4-11H2,1-3H3,(H2,17,20). The fraction of sp³-hybridized carbons (Fsp3) is 0.938. The van der Waals surface area contributed by atoms with Gasteiger partial charge in [0.1, 0.15) is 0 Å². The molecule has 0 aromatic carbocycles. The van der Waals surface area contributed by atoms with Gasteiger partial charge in [-0.3, -0.25) is 4.79 Å². The summed E-state index contributed by atoms with van der Waals surface area (Å²) in [5.74, 6) is -0.175. The van der Waals surface area contributed by atoms with E-state index in [1.807, 2.05) is 0 Å². The molecule has 2 unspecified atom stereocenters. The summed E-state index contributed by atoms with van der Waals surface area (Å²) in [4.78, 5) is 14.5. The zero-order chi connectivity index (χ0) is 14.8. The second-order valence-electron chi connectivity index (χ2n) is 7.10. The third-order valence-electron chi connectivity index (χ3n) is 5.25. The summed E-state index contributed by atoms with van der Waals surface area (Å²) >= 11 is 0. The molecule has 0 radical (unpaired) electrons. The Morgan fingerprint density at radius 3 is 2.40 bits per heavy atom. The molecule has 2 atom stereocenters. The van der Waals surface area contributed by atoms with Crippen molar-refractivity contribution in [3.8, 4) is 0 Å². The van der Waals surface area contributed by atoms with E-state index in [4.69, 9.17) is 5.73 Å². The summed E-state index contributed by atoms with van der Waals surface area (Å²) in [5, 5.41) is 3.44. The fourth-order valence-corrected chi connectivity index (χ4v) is 4.13. The molecule has 4 heteroatoms. The average molecular weight is 281 g/mol. The van der Waals surface area contributed by atoms with E-state index >= 15 is 0 Å². The first kappa shape index (κ1) is 15.8. The second-order valence-corrected chi connectivity index (χ2v) is 7.10. The normalized spacial score (nSPS) is 32.1. The maximum absolute atomic E-state index is 11.9. The summed E-state index contributed by atoms with van der Waals surface area (Å²) < 4.78 is 0. The monoisotopic (exact) mass is 281 g/mol.